The minimum Gasteiger partial charge on any atom is -0.463 e. The van der Waals surface area contributed by atoms with E-state index >= 15 is 0 Å². The van der Waals surface area contributed by atoms with Crippen LogP contribution in [-0.4, -0.2) is 25.2 Å². The summed E-state index contributed by atoms with van der Waals surface area (Å²) in [5.74, 6) is -1.96. The Morgan fingerprint density at radius 3 is 2.24 bits per heavy atom. The minimum atomic E-state index is -0.833. The molecular formula is C18H20ClNO5. The summed E-state index contributed by atoms with van der Waals surface area (Å²) >= 11 is 6.32. The van der Waals surface area contributed by atoms with Crippen molar-refractivity contribution in [3.63, 3.8) is 0 Å². The van der Waals surface area contributed by atoms with Gasteiger partial charge in [0.2, 0.25) is 5.88 Å². The second kappa shape index (κ2) is 8.07. The molecule has 0 aliphatic carbocycles. The second-order valence-electron chi connectivity index (χ2n) is 5.25. The van der Waals surface area contributed by atoms with Gasteiger partial charge in [0, 0.05) is 5.02 Å². The first-order chi connectivity index (χ1) is 11.9. The third-order valence-electron chi connectivity index (χ3n) is 3.69. The smallest absolute Gasteiger partial charge is 0.340 e. The van der Waals surface area contributed by atoms with E-state index < -0.39 is 17.9 Å². The van der Waals surface area contributed by atoms with Crippen LogP contribution >= 0.6 is 11.6 Å². The molecule has 0 saturated heterocycles. The fourth-order valence-electron chi connectivity index (χ4n) is 2.68. The van der Waals surface area contributed by atoms with E-state index in [1.54, 1.807) is 45.0 Å². The molecule has 1 heterocycles. The van der Waals surface area contributed by atoms with Gasteiger partial charge in [-0.3, -0.25) is 0 Å². The minimum absolute atomic E-state index is 0.0311. The molecule has 25 heavy (non-hydrogen) atoms. The zero-order chi connectivity index (χ0) is 18.6. The molecule has 0 bridgehead atoms. The highest BCUT2D eigenvalue weighted by Gasteiger charge is 2.40. The molecule has 1 aliphatic rings. The maximum absolute atomic E-state index is 12.5. The molecule has 1 aromatic rings. The number of halogens is 1. The molecule has 0 amide bonds. The molecule has 1 aliphatic heterocycles. The van der Waals surface area contributed by atoms with Gasteiger partial charge in [-0.2, -0.15) is 0 Å². The van der Waals surface area contributed by atoms with Gasteiger partial charge in [-0.15, -0.1) is 0 Å². The van der Waals surface area contributed by atoms with Crippen LogP contribution in [0.4, 0.5) is 0 Å². The van der Waals surface area contributed by atoms with E-state index in [0.717, 1.165) is 0 Å². The summed E-state index contributed by atoms with van der Waals surface area (Å²) in [6.45, 7) is 5.29. The summed E-state index contributed by atoms with van der Waals surface area (Å²) < 4.78 is 15.7. The SMILES string of the molecule is CCOC(=O)C1=C(C)OC(N)=C(C(=O)OCC)C1c1ccccc1Cl. The van der Waals surface area contributed by atoms with Crippen molar-refractivity contribution in [1.82, 2.24) is 0 Å². The Balaban J connectivity index is 2.66. The first-order valence-electron chi connectivity index (χ1n) is 7.89. The number of esters is 2. The molecule has 1 aromatic carbocycles. The lowest BCUT2D eigenvalue weighted by Crippen LogP contribution is -2.30. The summed E-state index contributed by atoms with van der Waals surface area (Å²) in [7, 11) is 0. The molecule has 0 fully saturated rings. The van der Waals surface area contributed by atoms with Crippen molar-refractivity contribution in [2.45, 2.75) is 26.7 Å². The predicted octanol–water partition coefficient (Wildman–Crippen LogP) is 3.02. The number of benzene rings is 1. The molecule has 2 rings (SSSR count). The topological polar surface area (TPSA) is 87.9 Å². The van der Waals surface area contributed by atoms with Gasteiger partial charge in [0.1, 0.15) is 11.3 Å². The number of nitrogens with two attached hydrogens (primary N) is 1. The average molecular weight is 366 g/mol. The number of carbonyl (C=O) groups excluding carboxylic acids is 2. The standard InChI is InChI=1S/C18H20ClNO5/c1-4-23-17(21)13-10(3)25-16(20)15(18(22)24-5-2)14(13)11-8-6-7-9-12(11)19/h6-9,14H,4-5,20H2,1-3H3. The van der Waals surface area contributed by atoms with Crippen LogP contribution in [0.2, 0.25) is 5.02 Å². The van der Waals surface area contributed by atoms with Crippen molar-refractivity contribution in [2.75, 3.05) is 13.2 Å². The van der Waals surface area contributed by atoms with Gasteiger partial charge in [-0.25, -0.2) is 9.59 Å². The fraction of sp³-hybridized carbons (Fsp3) is 0.333. The van der Waals surface area contributed by atoms with E-state index in [-0.39, 0.29) is 36.0 Å². The molecule has 1 atom stereocenters. The molecule has 0 radical (unpaired) electrons. The van der Waals surface area contributed by atoms with Crippen LogP contribution in [0, 0.1) is 0 Å². The molecule has 6 nitrogen and oxygen atoms in total. The number of hydrogen-bond acceptors (Lipinski definition) is 6. The second-order valence-corrected chi connectivity index (χ2v) is 5.65. The van der Waals surface area contributed by atoms with Gasteiger partial charge in [0.25, 0.3) is 0 Å². The van der Waals surface area contributed by atoms with Crippen LogP contribution in [0.15, 0.2) is 47.1 Å². The number of ether oxygens (including phenoxy) is 3. The number of hydrogen-bond donors (Lipinski definition) is 1. The molecule has 7 heteroatoms. The van der Waals surface area contributed by atoms with Crippen molar-refractivity contribution >= 4 is 23.5 Å². The molecule has 0 aromatic heterocycles. The van der Waals surface area contributed by atoms with Crippen LogP contribution in [0.25, 0.3) is 0 Å². The predicted molar refractivity (Wildman–Crippen MR) is 92.5 cm³/mol. The van der Waals surface area contributed by atoms with Crippen molar-refractivity contribution in [3.05, 3.63) is 57.6 Å². The molecule has 134 valence electrons. The van der Waals surface area contributed by atoms with Gasteiger partial charge < -0.3 is 19.9 Å². The zero-order valence-corrected chi connectivity index (χ0v) is 15.1. The number of carbonyl (C=O) groups is 2. The Morgan fingerprint density at radius 2 is 1.68 bits per heavy atom. The Hall–Kier alpha value is -2.47. The lowest BCUT2D eigenvalue weighted by Gasteiger charge is -2.29. The monoisotopic (exact) mass is 365 g/mol. The largest absolute Gasteiger partial charge is 0.463 e. The van der Waals surface area contributed by atoms with Crippen molar-refractivity contribution in [1.29, 1.82) is 0 Å². The normalized spacial score (nSPS) is 17.2. The first kappa shape index (κ1) is 18.9. The third-order valence-corrected chi connectivity index (χ3v) is 4.04. The fourth-order valence-corrected chi connectivity index (χ4v) is 2.93. The van der Waals surface area contributed by atoms with Crippen LogP contribution in [0.5, 0.6) is 0 Å². The van der Waals surface area contributed by atoms with E-state index in [2.05, 4.69) is 0 Å². The van der Waals surface area contributed by atoms with Crippen LogP contribution in [0.3, 0.4) is 0 Å². The molecule has 0 saturated carbocycles. The van der Waals surface area contributed by atoms with Crippen LogP contribution < -0.4 is 5.73 Å². The van der Waals surface area contributed by atoms with Gasteiger partial charge in [0.15, 0.2) is 0 Å². The lowest BCUT2D eigenvalue weighted by atomic mass is 9.82. The van der Waals surface area contributed by atoms with Crippen molar-refractivity contribution in [2.24, 2.45) is 5.73 Å². The lowest BCUT2D eigenvalue weighted by molar-refractivity contribution is -0.140. The van der Waals surface area contributed by atoms with E-state index in [1.807, 2.05) is 0 Å². The van der Waals surface area contributed by atoms with E-state index in [1.165, 1.54) is 0 Å². The van der Waals surface area contributed by atoms with E-state index in [0.29, 0.717) is 10.6 Å². The highest BCUT2D eigenvalue weighted by Crippen LogP contribution is 2.42. The Morgan fingerprint density at radius 1 is 1.12 bits per heavy atom. The first-order valence-corrected chi connectivity index (χ1v) is 8.27. The van der Waals surface area contributed by atoms with E-state index in [9.17, 15) is 9.59 Å². The highest BCUT2D eigenvalue weighted by atomic mass is 35.5. The van der Waals surface area contributed by atoms with Crippen molar-refractivity contribution < 1.29 is 23.8 Å². The highest BCUT2D eigenvalue weighted by molar-refractivity contribution is 6.31. The summed E-state index contributed by atoms with van der Waals surface area (Å²) in [4.78, 5) is 25.0. The van der Waals surface area contributed by atoms with E-state index in [4.69, 9.17) is 31.5 Å². The maximum atomic E-state index is 12.5. The number of allylic oxidation sites excluding steroid dienone is 1. The average Bonchev–Trinajstić information content (AvgIpc) is 2.54. The molecule has 2 N–H and O–H groups in total. The Labute approximate surface area is 151 Å². The van der Waals surface area contributed by atoms with Gasteiger partial charge >= 0.3 is 11.9 Å². The molecule has 1 unspecified atom stereocenters. The molecular weight excluding hydrogens is 346 g/mol. The summed E-state index contributed by atoms with van der Waals surface area (Å²) in [5.41, 5.74) is 6.69. The summed E-state index contributed by atoms with van der Waals surface area (Å²) in [6, 6.07) is 6.90. The van der Waals surface area contributed by atoms with Gasteiger partial charge in [0.05, 0.1) is 24.7 Å². The van der Waals surface area contributed by atoms with Gasteiger partial charge in [-0.1, -0.05) is 29.8 Å². The summed E-state index contributed by atoms with van der Waals surface area (Å²) in [5, 5.41) is 0.388. The van der Waals surface area contributed by atoms with Crippen LogP contribution in [0.1, 0.15) is 32.3 Å². The van der Waals surface area contributed by atoms with Crippen molar-refractivity contribution in [3.8, 4) is 0 Å². The zero-order valence-electron chi connectivity index (χ0n) is 14.3. The molecule has 0 spiro atoms. The number of rotatable bonds is 5. The third kappa shape index (κ3) is 3.79. The summed E-state index contributed by atoms with van der Waals surface area (Å²) in [6.07, 6.45) is 0. The van der Waals surface area contributed by atoms with Crippen LogP contribution in [-0.2, 0) is 23.8 Å². The Kier molecular flexibility index (Phi) is 6.09. The van der Waals surface area contributed by atoms with Gasteiger partial charge in [-0.05, 0) is 32.4 Å². The Bertz CT molecular complexity index is 714. The quantitative estimate of drug-likeness (QED) is 0.807. The maximum Gasteiger partial charge on any atom is 0.340 e.